The molecule has 2 aromatic heterocycles. The first-order valence-electron chi connectivity index (χ1n) is 16.5. The minimum Gasteiger partial charge on any atom is -0.453 e. The Bertz CT molecular complexity index is 1860. The van der Waals surface area contributed by atoms with Crippen LogP contribution in [-0.4, -0.2) is 63.1 Å². The summed E-state index contributed by atoms with van der Waals surface area (Å²) in [6.07, 6.45) is 22.0. The number of aromatic amines is 2. The van der Waals surface area contributed by atoms with Crippen molar-refractivity contribution in [2.75, 3.05) is 20.2 Å². The number of imidazole rings is 2. The van der Waals surface area contributed by atoms with Crippen LogP contribution < -0.4 is 5.32 Å². The van der Waals surface area contributed by atoms with Crippen molar-refractivity contribution in [2.24, 2.45) is 11.8 Å². The van der Waals surface area contributed by atoms with E-state index in [1.807, 2.05) is 30.3 Å². The Labute approximate surface area is 274 Å². The van der Waals surface area contributed by atoms with E-state index in [-0.39, 0.29) is 18.5 Å². The van der Waals surface area contributed by atoms with Crippen LogP contribution in [0.3, 0.4) is 0 Å². The first-order chi connectivity index (χ1) is 22.9. The molecule has 3 aromatic rings. The summed E-state index contributed by atoms with van der Waals surface area (Å²) in [6.45, 7) is 2.60. The Kier molecular flexibility index (Phi) is 8.64. The van der Waals surface area contributed by atoms with Crippen molar-refractivity contribution < 1.29 is 14.3 Å². The molecular weight excluding hydrogens is 588 g/mol. The summed E-state index contributed by atoms with van der Waals surface area (Å²) in [5, 5.41) is 2.57. The lowest BCUT2D eigenvalue weighted by molar-refractivity contribution is -0.133. The zero-order valence-electron chi connectivity index (χ0n) is 26.9. The summed E-state index contributed by atoms with van der Waals surface area (Å²) < 4.78 is 4.67. The molecule has 0 spiro atoms. The number of ether oxygens (including phenoxy) is 1. The highest BCUT2D eigenvalue weighted by Crippen LogP contribution is 2.41. The van der Waals surface area contributed by atoms with Gasteiger partial charge in [0.05, 0.1) is 30.9 Å². The lowest BCUT2D eigenvalue weighted by atomic mass is 9.93. The van der Waals surface area contributed by atoms with Crippen LogP contribution in [0.4, 0.5) is 4.79 Å². The molecule has 47 heavy (non-hydrogen) atoms. The Hall–Kier alpha value is -5.14. The molecule has 1 aliphatic heterocycles. The minimum atomic E-state index is -0.593. The Morgan fingerprint density at radius 3 is 2.66 bits per heavy atom. The van der Waals surface area contributed by atoms with E-state index < -0.39 is 6.09 Å². The number of fused-ring (bicyclic) bond motifs is 3. The summed E-state index contributed by atoms with van der Waals surface area (Å²) in [6, 6.07) is 8.64. The Morgan fingerprint density at radius 2 is 1.85 bits per heavy atom. The van der Waals surface area contributed by atoms with Crippen molar-refractivity contribution in [3.63, 3.8) is 0 Å². The third-order valence-electron chi connectivity index (χ3n) is 9.88. The SMILES string of the molecule is COC(=O)NCC(=O)N1CCC2CCC(C2)C1Cc1ncc(C2=CC=C=C3C=C(c4ccc(-c5cnc(C)[nH]5)cc4)CC=CC3=C2)[nH]1. The molecule has 2 fully saturated rings. The molecule has 3 unspecified atom stereocenters. The van der Waals surface area contributed by atoms with Crippen LogP contribution in [0.25, 0.3) is 22.4 Å². The fraction of sp³-hybridized carbons (Fsp3) is 0.342. The van der Waals surface area contributed by atoms with Crippen LogP contribution in [0, 0.1) is 18.8 Å². The van der Waals surface area contributed by atoms with Crippen LogP contribution in [-0.2, 0) is 16.0 Å². The average molecular weight is 629 g/mol. The van der Waals surface area contributed by atoms with E-state index in [0.717, 1.165) is 71.0 Å². The topological polar surface area (TPSA) is 116 Å². The number of carbonyl (C=O) groups is 2. The molecule has 1 aromatic carbocycles. The highest BCUT2D eigenvalue weighted by molar-refractivity contribution is 5.83. The van der Waals surface area contributed by atoms with Gasteiger partial charge in [0, 0.05) is 30.2 Å². The summed E-state index contributed by atoms with van der Waals surface area (Å²) in [4.78, 5) is 42.9. The van der Waals surface area contributed by atoms with Crippen LogP contribution in [0.2, 0.25) is 0 Å². The number of rotatable bonds is 7. The predicted octanol–water partition coefficient (Wildman–Crippen LogP) is 6.47. The van der Waals surface area contributed by atoms with Gasteiger partial charge in [-0.05, 0) is 91.0 Å². The molecule has 3 heterocycles. The van der Waals surface area contributed by atoms with Gasteiger partial charge < -0.3 is 24.9 Å². The molecular formula is C38H40N6O3. The maximum atomic E-state index is 13.3. The standard InChI is InChI=1S/C38H40N6O3/c1-24-39-21-33(42-24)27-13-11-26(12-14-27)28-5-3-6-30-19-31(8-4-7-29(30)18-28)34-22-40-36(43-34)20-35-32-10-9-25(17-32)15-16-44(35)37(45)23-41-38(46)47-2/h3-4,6,8,11-14,18-19,21-22,25,32,35H,5,9-10,15-17,20,23H2,1-2H3,(H,39,42)(H,40,43)(H,41,46). The maximum absolute atomic E-state index is 13.3. The van der Waals surface area contributed by atoms with Gasteiger partial charge in [-0.25, -0.2) is 14.8 Å². The number of amides is 2. The number of methoxy groups -OCH3 is 1. The fourth-order valence-electron chi connectivity index (χ4n) is 7.39. The number of likely N-dealkylation sites (tertiary alicyclic amines) is 1. The summed E-state index contributed by atoms with van der Waals surface area (Å²) in [7, 11) is 1.30. The van der Waals surface area contributed by atoms with Crippen molar-refractivity contribution in [1.29, 1.82) is 0 Å². The normalized spacial score (nSPS) is 21.8. The van der Waals surface area contributed by atoms with Crippen LogP contribution in [0.1, 0.15) is 55.0 Å². The number of aromatic nitrogens is 4. The molecule has 1 saturated heterocycles. The van der Waals surface area contributed by atoms with Gasteiger partial charge in [-0.3, -0.25) is 4.79 Å². The van der Waals surface area contributed by atoms with Crippen molar-refractivity contribution in [3.05, 3.63) is 113 Å². The van der Waals surface area contributed by atoms with E-state index in [9.17, 15) is 9.59 Å². The molecule has 2 amide bonds. The van der Waals surface area contributed by atoms with Crippen molar-refractivity contribution in [3.8, 4) is 11.3 Å². The number of benzene rings is 1. The first-order valence-corrected chi connectivity index (χ1v) is 16.5. The highest BCUT2D eigenvalue weighted by atomic mass is 16.5. The lowest BCUT2D eigenvalue weighted by Crippen LogP contribution is -2.49. The van der Waals surface area contributed by atoms with Gasteiger partial charge in [-0.15, -0.1) is 5.73 Å². The summed E-state index contributed by atoms with van der Waals surface area (Å²) >= 11 is 0. The third kappa shape index (κ3) is 6.71. The van der Waals surface area contributed by atoms with Crippen molar-refractivity contribution in [1.82, 2.24) is 30.2 Å². The molecule has 9 heteroatoms. The monoisotopic (exact) mass is 628 g/mol. The van der Waals surface area contributed by atoms with Crippen molar-refractivity contribution >= 4 is 23.1 Å². The van der Waals surface area contributed by atoms with Crippen molar-refractivity contribution in [2.45, 2.75) is 51.5 Å². The molecule has 240 valence electrons. The molecule has 9 nitrogen and oxygen atoms in total. The fourth-order valence-corrected chi connectivity index (χ4v) is 7.39. The van der Waals surface area contributed by atoms with E-state index in [2.05, 4.69) is 85.4 Å². The number of carbonyl (C=O) groups excluding carboxylic acids is 2. The lowest BCUT2D eigenvalue weighted by Gasteiger charge is -2.34. The number of H-pyrrole nitrogens is 2. The molecule has 3 atom stereocenters. The number of aryl methyl sites for hydroxylation is 1. The number of nitrogens with one attached hydrogen (secondary N) is 3. The Balaban J connectivity index is 1.07. The predicted molar refractivity (Wildman–Crippen MR) is 182 cm³/mol. The van der Waals surface area contributed by atoms with Gasteiger partial charge in [-0.2, -0.15) is 0 Å². The molecule has 3 N–H and O–H groups in total. The third-order valence-corrected chi connectivity index (χ3v) is 9.88. The molecule has 3 aliphatic carbocycles. The second kappa shape index (κ2) is 13.3. The maximum Gasteiger partial charge on any atom is 0.407 e. The van der Waals surface area contributed by atoms with Crippen LogP contribution in [0.15, 0.2) is 90.0 Å². The van der Waals surface area contributed by atoms with Gasteiger partial charge >= 0.3 is 6.09 Å². The summed E-state index contributed by atoms with van der Waals surface area (Å²) in [5.74, 6) is 2.78. The second-order valence-corrected chi connectivity index (χ2v) is 12.9. The zero-order chi connectivity index (χ0) is 32.3. The molecule has 0 radical (unpaired) electrons. The van der Waals surface area contributed by atoms with E-state index in [0.29, 0.717) is 24.8 Å². The number of allylic oxidation sites excluding steroid dienone is 9. The largest absolute Gasteiger partial charge is 0.453 e. The minimum absolute atomic E-state index is 0.0362. The van der Waals surface area contributed by atoms with Gasteiger partial charge in [0.2, 0.25) is 5.91 Å². The number of alkyl carbamates (subject to hydrolysis) is 1. The second-order valence-electron chi connectivity index (χ2n) is 12.9. The quantitative estimate of drug-likeness (QED) is 0.259. The molecule has 2 bridgehead atoms. The van der Waals surface area contributed by atoms with Gasteiger partial charge in [-0.1, -0.05) is 42.8 Å². The highest BCUT2D eigenvalue weighted by Gasteiger charge is 2.39. The number of hydrogen-bond donors (Lipinski definition) is 3. The molecule has 7 rings (SSSR count). The van der Waals surface area contributed by atoms with Gasteiger partial charge in [0.1, 0.15) is 18.2 Å². The van der Waals surface area contributed by atoms with E-state index >= 15 is 0 Å². The molecule has 1 saturated carbocycles. The van der Waals surface area contributed by atoms with E-state index in [4.69, 9.17) is 4.98 Å². The summed E-state index contributed by atoms with van der Waals surface area (Å²) in [5.41, 5.74) is 12.1. The Morgan fingerprint density at radius 1 is 1.02 bits per heavy atom. The van der Waals surface area contributed by atoms with Crippen LogP contribution >= 0.6 is 0 Å². The van der Waals surface area contributed by atoms with E-state index in [1.165, 1.54) is 24.7 Å². The van der Waals surface area contributed by atoms with Gasteiger partial charge in [0.25, 0.3) is 0 Å². The molecule has 4 aliphatic rings. The number of hydrogen-bond acceptors (Lipinski definition) is 5. The average Bonchev–Trinajstić information content (AvgIpc) is 3.76. The van der Waals surface area contributed by atoms with Gasteiger partial charge in [0.15, 0.2) is 0 Å². The number of nitrogens with zero attached hydrogens (tertiary/aromatic N) is 3. The van der Waals surface area contributed by atoms with E-state index in [1.54, 1.807) is 0 Å². The smallest absolute Gasteiger partial charge is 0.407 e. The zero-order valence-corrected chi connectivity index (χ0v) is 26.9. The van der Waals surface area contributed by atoms with Crippen LogP contribution in [0.5, 0.6) is 0 Å². The first kappa shape index (κ1) is 30.5.